The Morgan fingerprint density at radius 3 is 2.79 bits per heavy atom. The molecule has 0 amide bonds. The van der Waals surface area contributed by atoms with Crippen LogP contribution in [-0.4, -0.2) is 21.4 Å². The summed E-state index contributed by atoms with van der Waals surface area (Å²) < 4.78 is 1.92. The second-order valence-corrected chi connectivity index (χ2v) is 7.05. The van der Waals surface area contributed by atoms with Gasteiger partial charge in [-0.05, 0) is 30.5 Å². The van der Waals surface area contributed by atoms with Crippen molar-refractivity contribution in [2.24, 2.45) is 0 Å². The molecule has 2 aromatic heterocycles. The van der Waals surface area contributed by atoms with E-state index < -0.39 is 0 Å². The zero-order chi connectivity index (χ0) is 13.2. The smallest absolute Gasteiger partial charge is 0.179 e. The zero-order valence-corrected chi connectivity index (χ0v) is 12.5. The Morgan fingerprint density at radius 2 is 2.00 bits per heavy atom. The molecule has 1 aromatic carbocycles. The van der Waals surface area contributed by atoms with Gasteiger partial charge < -0.3 is 5.73 Å². The van der Waals surface area contributed by atoms with Crippen molar-refractivity contribution < 1.29 is 0 Å². The van der Waals surface area contributed by atoms with E-state index in [1.54, 1.807) is 41.1 Å². The monoisotopic (exact) mass is 306 g/mol. The highest BCUT2D eigenvalue weighted by Gasteiger charge is 2.08. The molecule has 0 saturated heterocycles. The maximum absolute atomic E-state index is 5.78. The van der Waals surface area contributed by atoms with Gasteiger partial charge in [0.1, 0.15) is 0 Å². The third kappa shape index (κ3) is 2.68. The van der Waals surface area contributed by atoms with Gasteiger partial charge in [0.15, 0.2) is 8.68 Å². The van der Waals surface area contributed by atoms with Crippen LogP contribution in [0.25, 0.3) is 10.9 Å². The summed E-state index contributed by atoms with van der Waals surface area (Å²) in [6.07, 6.45) is 3.79. The quantitative estimate of drug-likeness (QED) is 0.590. The number of aromatic nitrogens is 3. The van der Waals surface area contributed by atoms with Crippen molar-refractivity contribution in [1.82, 2.24) is 15.2 Å². The molecule has 0 atom stereocenters. The number of benzene rings is 1. The third-order valence-corrected chi connectivity index (χ3v) is 5.51. The summed E-state index contributed by atoms with van der Waals surface area (Å²) in [6.45, 7) is 0. The third-order valence-electron chi connectivity index (χ3n) is 2.49. The fraction of sp³-hybridized carbons (Fsp3) is 0.0833. The number of rotatable bonds is 3. The molecule has 0 radical (unpaired) electrons. The fourth-order valence-corrected chi connectivity index (χ4v) is 4.16. The summed E-state index contributed by atoms with van der Waals surface area (Å²) in [5.74, 6) is 0. The number of fused-ring (bicyclic) bond motifs is 1. The molecule has 3 rings (SSSR count). The minimum absolute atomic E-state index is 0.725. The Bertz CT molecular complexity index is 726. The molecule has 0 aliphatic carbocycles. The van der Waals surface area contributed by atoms with Crippen LogP contribution in [0.4, 0.5) is 5.69 Å². The van der Waals surface area contributed by atoms with Crippen molar-refractivity contribution in [2.75, 3.05) is 12.0 Å². The van der Waals surface area contributed by atoms with Gasteiger partial charge in [0.05, 0.1) is 5.52 Å². The lowest BCUT2D eigenvalue weighted by atomic mass is 10.2. The molecular weight excluding hydrogens is 296 g/mol. The largest absolute Gasteiger partial charge is 0.399 e. The number of anilines is 1. The molecule has 0 fully saturated rings. The maximum atomic E-state index is 5.78. The lowest BCUT2D eigenvalue weighted by molar-refractivity contribution is 0.956. The normalized spacial score (nSPS) is 11.0. The predicted molar refractivity (Wildman–Crippen MR) is 82.0 cm³/mol. The molecule has 2 heterocycles. The minimum atomic E-state index is 0.725. The van der Waals surface area contributed by atoms with Gasteiger partial charge >= 0.3 is 0 Å². The van der Waals surface area contributed by atoms with E-state index in [0.717, 1.165) is 30.2 Å². The van der Waals surface area contributed by atoms with Crippen molar-refractivity contribution >= 4 is 51.5 Å². The Morgan fingerprint density at radius 1 is 1.16 bits per heavy atom. The van der Waals surface area contributed by atoms with Gasteiger partial charge in [0, 0.05) is 22.2 Å². The fourth-order valence-electron chi connectivity index (χ4n) is 1.64. The van der Waals surface area contributed by atoms with Crippen LogP contribution in [-0.2, 0) is 0 Å². The van der Waals surface area contributed by atoms with Gasteiger partial charge in [0.25, 0.3) is 0 Å². The van der Waals surface area contributed by atoms with Gasteiger partial charge in [-0.2, -0.15) is 0 Å². The molecular formula is C12H10N4S3. The highest BCUT2D eigenvalue weighted by molar-refractivity contribution is 8.03. The molecule has 0 bridgehead atoms. The maximum Gasteiger partial charge on any atom is 0.179 e. The zero-order valence-electron chi connectivity index (χ0n) is 10.0. The van der Waals surface area contributed by atoms with Crippen molar-refractivity contribution in [3.8, 4) is 0 Å². The topological polar surface area (TPSA) is 64.7 Å². The van der Waals surface area contributed by atoms with E-state index in [1.165, 1.54) is 0 Å². The van der Waals surface area contributed by atoms with E-state index in [9.17, 15) is 0 Å². The summed E-state index contributed by atoms with van der Waals surface area (Å²) in [5.41, 5.74) is 7.41. The molecule has 4 nitrogen and oxygen atoms in total. The predicted octanol–water partition coefficient (Wildman–Crippen LogP) is 3.54. The van der Waals surface area contributed by atoms with Crippen LogP contribution in [0, 0.1) is 0 Å². The van der Waals surface area contributed by atoms with Crippen LogP contribution >= 0.6 is 34.9 Å². The van der Waals surface area contributed by atoms with Crippen LogP contribution in [0.5, 0.6) is 0 Å². The standard InChI is InChI=1S/C12H10N4S3/c1-17-11-15-16-12(19-11)18-10-4-5-14-9-6-7(13)2-3-8(9)10/h2-6H,13H2,1H3. The van der Waals surface area contributed by atoms with E-state index in [1.807, 2.05) is 30.5 Å². The molecule has 7 heteroatoms. The summed E-state index contributed by atoms with van der Waals surface area (Å²) in [5, 5.41) is 9.36. The van der Waals surface area contributed by atoms with Crippen LogP contribution in [0.15, 0.2) is 44.0 Å². The number of thioether (sulfide) groups is 1. The lowest BCUT2D eigenvalue weighted by Gasteiger charge is -2.03. The molecule has 19 heavy (non-hydrogen) atoms. The molecule has 3 aromatic rings. The molecule has 0 aliphatic heterocycles. The highest BCUT2D eigenvalue weighted by Crippen LogP contribution is 2.36. The molecule has 2 N–H and O–H groups in total. The van der Waals surface area contributed by atoms with Gasteiger partial charge in [-0.15, -0.1) is 10.2 Å². The first-order valence-electron chi connectivity index (χ1n) is 5.46. The van der Waals surface area contributed by atoms with Crippen molar-refractivity contribution in [2.45, 2.75) is 13.6 Å². The first-order chi connectivity index (χ1) is 9.26. The van der Waals surface area contributed by atoms with E-state index in [4.69, 9.17) is 5.73 Å². The summed E-state index contributed by atoms with van der Waals surface area (Å²) in [4.78, 5) is 5.45. The van der Waals surface area contributed by atoms with Gasteiger partial charge in [-0.3, -0.25) is 4.98 Å². The minimum Gasteiger partial charge on any atom is -0.399 e. The molecule has 0 saturated carbocycles. The second kappa shape index (κ2) is 5.36. The van der Waals surface area contributed by atoms with E-state index in [2.05, 4.69) is 15.2 Å². The lowest BCUT2D eigenvalue weighted by Crippen LogP contribution is -1.87. The first-order valence-corrected chi connectivity index (χ1v) is 8.31. The number of pyridine rings is 1. The Kier molecular flexibility index (Phi) is 3.58. The van der Waals surface area contributed by atoms with Crippen LogP contribution in [0.3, 0.4) is 0 Å². The number of hydrogen-bond donors (Lipinski definition) is 1. The van der Waals surface area contributed by atoms with Crippen molar-refractivity contribution in [3.63, 3.8) is 0 Å². The summed E-state index contributed by atoms with van der Waals surface area (Å²) >= 11 is 4.82. The first kappa shape index (κ1) is 12.7. The number of nitrogens with two attached hydrogens (primary N) is 1. The van der Waals surface area contributed by atoms with E-state index in [0.29, 0.717) is 0 Å². The van der Waals surface area contributed by atoms with Crippen LogP contribution in [0.1, 0.15) is 0 Å². The van der Waals surface area contributed by atoms with Gasteiger partial charge in [0.2, 0.25) is 0 Å². The average Bonchev–Trinajstić information content (AvgIpc) is 2.86. The molecule has 0 spiro atoms. The SMILES string of the molecule is CSc1nnc(Sc2ccnc3cc(N)ccc23)s1. The number of nitrogen functional groups attached to an aromatic ring is 1. The molecule has 0 unspecified atom stereocenters. The number of hydrogen-bond acceptors (Lipinski definition) is 7. The highest BCUT2D eigenvalue weighted by atomic mass is 32.2. The second-order valence-electron chi connectivity index (χ2n) is 3.73. The van der Waals surface area contributed by atoms with Gasteiger partial charge in [-0.1, -0.05) is 34.9 Å². The Balaban J connectivity index is 2.00. The Hall–Kier alpha value is -1.31. The summed E-state index contributed by atoms with van der Waals surface area (Å²) in [7, 11) is 0. The van der Waals surface area contributed by atoms with Gasteiger partial charge in [-0.25, -0.2) is 0 Å². The Labute approximate surface area is 122 Å². The van der Waals surface area contributed by atoms with E-state index >= 15 is 0 Å². The average molecular weight is 306 g/mol. The van der Waals surface area contributed by atoms with Crippen LogP contribution in [0.2, 0.25) is 0 Å². The summed E-state index contributed by atoms with van der Waals surface area (Å²) in [6, 6.07) is 7.76. The molecule has 96 valence electrons. The number of nitrogens with zero attached hydrogens (tertiary/aromatic N) is 3. The van der Waals surface area contributed by atoms with Crippen LogP contribution < -0.4 is 5.73 Å². The van der Waals surface area contributed by atoms with Crippen molar-refractivity contribution in [3.05, 3.63) is 30.5 Å². The molecule has 0 aliphatic rings. The van der Waals surface area contributed by atoms with E-state index in [-0.39, 0.29) is 0 Å². The van der Waals surface area contributed by atoms with Crippen molar-refractivity contribution in [1.29, 1.82) is 0 Å².